The van der Waals surface area contributed by atoms with E-state index in [1.165, 1.54) is 7.11 Å². The molecule has 20 heavy (non-hydrogen) atoms. The molecule has 0 saturated carbocycles. The molecule has 0 saturated heterocycles. The topological polar surface area (TPSA) is 61.8 Å². The summed E-state index contributed by atoms with van der Waals surface area (Å²) in [5.41, 5.74) is 1.69. The molecule has 0 heterocycles. The molecule has 0 unspecified atom stereocenters. The number of aryl methyl sites for hydroxylation is 1. The summed E-state index contributed by atoms with van der Waals surface area (Å²) < 4.78 is 15.1. The van der Waals surface area contributed by atoms with E-state index in [9.17, 15) is 9.59 Å². The zero-order valence-corrected chi connectivity index (χ0v) is 12.3. The Kier molecular flexibility index (Phi) is 6.03. The van der Waals surface area contributed by atoms with E-state index < -0.39 is 0 Å². The fraction of sp³-hybridized carbons (Fsp3) is 0.467. The van der Waals surface area contributed by atoms with Crippen molar-refractivity contribution in [2.75, 3.05) is 21.3 Å². The zero-order chi connectivity index (χ0) is 15.1. The van der Waals surface area contributed by atoms with E-state index in [4.69, 9.17) is 9.47 Å². The van der Waals surface area contributed by atoms with Crippen LogP contribution in [0.3, 0.4) is 0 Å². The van der Waals surface area contributed by atoms with E-state index >= 15 is 0 Å². The van der Waals surface area contributed by atoms with Gasteiger partial charge in [-0.3, -0.25) is 9.59 Å². The van der Waals surface area contributed by atoms with Crippen molar-refractivity contribution in [3.05, 3.63) is 23.3 Å². The van der Waals surface area contributed by atoms with Gasteiger partial charge in [0.05, 0.1) is 27.8 Å². The van der Waals surface area contributed by atoms with Crippen molar-refractivity contribution < 1.29 is 23.8 Å². The van der Waals surface area contributed by atoms with Crippen molar-refractivity contribution in [2.45, 2.75) is 26.2 Å². The largest absolute Gasteiger partial charge is 0.493 e. The van der Waals surface area contributed by atoms with Gasteiger partial charge in [0.25, 0.3) is 0 Å². The third-order valence-electron chi connectivity index (χ3n) is 3.02. The second kappa shape index (κ2) is 7.53. The Morgan fingerprint density at radius 2 is 1.65 bits per heavy atom. The fourth-order valence-corrected chi connectivity index (χ4v) is 1.96. The predicted molar refractivity (Wildman–Crippen MR) is 74.2 cm³/mol. The molecule has 0 aliphatic carbocycles. The molecular formula is C15H20O5. The number of carbonyl (C=O) groups is 2. The zero-order valence-electron chi connectivity index (χ0n) is 12.3. The molecule has 0 atom stereocenters. The van der Waals surface area contributed by atoms with E-state index in [2.05, 4.69) is 4.74 Å². The van der Waals surface area contributed by atoms with Crippen molar-refractivity contribution in [1.82, 2.24) is 0 Å². The number of benzene rings is 1. The quantitative estimate of drug-likeness (QED) is 0.716. The van der Waals surface area contributed by atoms with Crippen LogP contribution in [0.15, 0.2) is 12.1 Å². The summed E-state index contributed by atoms with van der Waals surface area (Å²) in [6.45, 7) is 1.91. The number of hydrogen-bond acceptors (Lipinski definition) is 5. The molecular weight excluding hydrogens is 260 g/mol. The lowest BCUT2D eigenvalue weighted by molar-refractivity contribution is -0.141. The second-order valence-electron chi connectivity index (χ2n) is 4.40. The van der Waals surface area contributed by atoms with Crippen LogP contribution in [0.1, 0.15) is 24.0 Å². The first-order valence-electron chi connectivity index (χ1n) is 6.32. The number of ketones is 1. The molecule has 0 aromatic heterocycles. The smallest absolute Gasteiger partial charge is 0.305 e. The molecule has 5 heteroatoms. The highest BCUT2D eigenvalue weighted by Crippen LogP contribution is 2.34. The molecule has 0 amide bonds. The Hall–Kier alpha value is -2.04. The number of esters is 1. The molecule has 0 bridgehead atoms. The summed E-state index contributed by atoms with van der Waals surface area (Å²) in [5.74, 6) is 0.774. The first-order chi connectivity index (χ1) is 9.53. The van der Waals surface area contributed by atoms with Crippen LogP contribution in [0.25, 0.3) is 0 Å². The predicted octanol–water partition coefficient (Wildman–Crippen LogP) is 2.08. The SMILES string of the molecule is COC(=O)CCC(=O)Cc1ccc(C)c(OC)c1OC. The molecule has 110 valence electrons. The van der Waals surface area contributed by atoms with Crippen LogP contribution < -0.4 is 9.47 Å². The van der Waals surface area contributed by atoms with Crippen molar-refractivity contribution >= 4 is 11.8 Å². The van der Waals surface area contributed by atoms with Gasteiger partial charge < -0.3 is 14.2 Å². The standard InChI is InChI=1S/C15H20O5/c1-10-5-6-11(15(20-4)14(10)19-3)9-12(16)7-8-13(17)18-2/h5-6H,7-9H2,1-4H3. The van der Waals surface area contributed by atoms with Crippen LogP contribution in [-0.2, 0) is 20.7 Å². The molecule has 5 nitrogen and oxygen atoms in total. The molecule has 0 N–H and O–H groups in total. The molecule has 0 fully saturated rings. The third kappa shape index (κ3) is 3.98. The average Bonchev–Trinajstić information content (AvgIpc) is 2.45. The number of rotatable bonds is 7. The van der Waals surface area contributed by atoms with Gasteiger partial charge in [0.2, 0.25) is 0 Å². The average molecular weight is 280 g/mol. The highest BCUT2D eigenvalue weighted by Gasteiger charge is 2.16. The van der Waals surface area contributed by atoms with Gasteiger partial charge in [-0.1, -0.05) is 12.1 Å². The van der Waals surface area contributed by atoms with E-state index in [0.717, 1.165) is 11.1 Å². The maximum atomic E-state index is 11.9. The van der Waals surface area contributed by atoms with Gasteiger partial charge in [-0.05, 0) is 12.5 Å². The number of Topliss-reactive ketones (excluding diaryl/α,β-unsaturated/α-hetero) is 1. The fourth-order valence-electron chi connectivity index (χ4n) is 1.96. The van der Waals surface area contributed by atoms with Gasteiger partial charge in [0, 0.05) is 18.4 Å². The van der Waals surface area contributed by atoms with E-state index in [-0.39, 0.29) is 31.0 Å². The van der Waals surface area contributed by atoms with E-state index in [0.29, 0.717) is 11.5 Å². The van der Waals surface area contributed by atoms with Crippen LogP contribution in [0.4, 0.5) is 0 Å². The monoisotopic (exact) mass is 280 g/mol. The van der Waals surface area contributed by atoms with Gasteiger partial charge >= 0.3 is 5.97 Å². The summed E-state index contributed by atoms with van der Waals surface area (Å²) in [6, 6.07) is 3.72. The van der Waals surface area contributed by atoms with Crippen LogP contribution in [-0.4, -0.2) is 33.1 Å². The number of methoxy groups -OCH3 is 3. The first kappa shape index (κ1) is 16.0. The van der Waals surface area contributed by atoms with Crippen LogP contribution in [0.5, 0.6) is 11.5 Å². The Bertz CT molecular complexity index is 493. The minimum absolute atomic E-state index is 0.0420. The van der Waals surface area contributed by atoms with Crippen LogP contribution >= 0.6 is 0 Å². The molecule has 1 rings (SSSR count). The Morgan fingerprint density at radius 1 is 1.00 bits per heavy atom. The first-order valence-corrected chi connectivity index (χ1v) is 6.32. The van der Waals surface area contributed by atoms with Crippen molar-refractivity contribution in [1.29, 1.82) is 0 Å². The molecule has 1 aromatic carbocycles. The minimum Gasteiger partial charge on any atom is -0.493 e. The highest BCUT2D eigenvalue weighted by atomic mass is 16.5. The van der Waals surface area contributed by atoms with Crippen LogP contribution in [0, 0.1) is 6.92 Å². The Labute approximate surface area is 118 Å². The van der Waals surface area contributed by atoms with Gasteiger partial charge in [-0.2, -0.15) is 0 Å². The minimum atomic E-state index is -0.383. The van der Waals surface area contributed by atoms with Crippen molar-refractivity contribution in [3.63, 3.8) is 0 Å². The third-order valence-corrected chi connectivity index (χ3v) is 3.02. The maximum absolute atomic E-state index is 11.9. The molecule has 0 aliphatic heterocycles. The molecule has 0 radical (unpaired) electrons. The summed E-state index contributed by atoms with van der Waals surface area (Å²) >= 11 is 0. The number of hydrogen-bond donors (Lipinski definition) is 0. The summed E-state index contributed by atoms with van der Waals surface area (Å²) in [7, 11) is 4.41. The van der Waals surface area contributed by atoms with Gasteiger partial charge in [0.1, 0.15) is 5.78 Å². The lowest BCUT2D eigenvalue weighted by atomic mass is 10.0. The lowest BCUT2D eigenvalue weighted by Gasteiger charge is -2.14. The number of ether oxygens (including phenoxy) is 3. The van der Waals surface area contributed by atoms with Gasteiger partial charge in [0.15, 0.2) is 11.5 Å². The highest BCUT2D eigenvalue weighted by molar-refractivity contribution is 5.85. The molecule has 1 aromatic rings. The second-order valence-corrected chi connectivity index (χ2v) is 4.40. The molecule has 0 aliphatic rings. The van der Waals surface area contributed by atoms with Gasteiger partial charge in [-0.25, -0.2) is 0 Å². The van der Waals surface area contributed by atoms with E-state index in [1.54, 1.807) is 14.2 Å². The van der Waals surface area contributed by atoms with E-state index in [1.807, 2.05) is 19.1 Å². The summed E-state index contributed by atoms with van der Waals surface area (Å²) in [6.07, 6.45) is 0.462. The lowest BCUT2D eigenvalue weighted by Crippen LogP contribution is -2.09. The van der Waals surface area contributed by atoms with Crippen molar-refractivity contribution in [2.24, 2.45) is 0 Å². The Morgan fingerprint density at radius 3 is 2.20 bits per heavy atom. The normalized spacial score (nSPS) is 10.0. The summed E-state index contributed by atoms with van der Waals surface area (Å²) in [5, 5.41) is 0. The Balaban J connectivity index is 2.82. The van der Waals surface area contributed by atoms with Crippen molar-refractivity contribution in [3.8, 4) is 11.5 Å². The summed E-state index contributed by atoms with van der Waals surface area (Å²) in [4.78, 5) is 22.9. The number of carbonyl (C=O) groups excluding carboxylic acids is 2. The maximum Gasteiger partial charge on any atom is 0.305 e. The van der Waals surface area contributed by atoms with Gasteiger partial charge in [-0.15, -0.1) is 0 Å². The van der Waals surface area contributed by atoms with Crippen LogP contribution in [0.2, 0.25) is 0 Å². The molecule has 0 spiro atoms.